The Morgan fingerprint density at radius 3 is 2.54 bits per heavy atom. The second-order valence-corrected chi connectivity index (χ2v) is 9.34. The van der Waals surface area contributed by atoms with Crippen LogP contribution in [-0.2, 0) is 9.59 Å². The first-order valence-corrected chi connectivity index (χ1v) is 12.4. The van der Waals surface area contributed by atoms with E-state index in [0.717, 1.165) is 19.6 Å². The lowest BCUT2D eigenvalue weighted by molar-refractivity contribution is -0.140. The molecule has 1 unspecified atom stereocenters. The summed E-state index contributed by atoms with van der Waals surface area (Å²) in [6.45, 7) is 8.88. The number of amides is 1. The molecule has 9 heteroatoms. The predicted octanol–water partition coefficient (Wildman–Crippen LogP) is 5.10. The number of aliphatic hydroxyl groups is 1. The van der Waals surface area contributed by atoms with Gasteiger partial charge in [0.15, 0.2) is 5.76 Å². The number of hydrogen-bond acceptors (Lipinski definition) is 5. The van der Waals surface area contributed by atoms with E-state index in [1.807, 2.05) is 18.2 Å². The third-order valence-corrected chi connectivity index (χ3v) is 7.23. The van der Waals surface area contributed by atoms with Gasteiger partial charge in [-0.3, -0.25) is 14.0 Å². The molecule has 0 radical (unpaired) electrons. The van der Waals surface area contributed by atoms with Crippen LogP contribution in [0.25, 0.3) is 11.4 Å². The van der Waals surface area contributed by atoms with Crippen LogP contribution >= 0.6 is 23.2 Å². The zero-order valence-electron chi connectivity index (χ0n) is 20.0. The number of ketones is 1. The van der Waals surface area contributed by atoms with Crippen LogP contribution in [0.5, 0.6) is 0 Å². The summed E-state index contributed by atoms with van der Waals surface area (Å²) in [5.74, 6) is -1.64. The van der Waals surface area contributed by atoms with Gasteiger partial charge in [-0.05, 0) is 62.8 Å². The Morgan fingerprint density at radius 1 is 1.11 bits per heavy atom. The lowest BCUT2D eigenvalue weighted by atomic mass is 9.96. The molecule has 1 aliphatic rings. The second kappa shape index (κ2) is 10.4. The van der Waals surface area contributed by atoms with Crippen molar-refractivity contribution in [2.24, 2.45) is 0 Å². The lowest BCUT2D eigenvalue weighted by Gasteiger charge is -2.27. The molecule has 1 saturated heterocycles. The Balaban J connectivity index is 1.84. The standard InChI is InChI=1S/C26H28Cl2N4O3/c1-4-30(5-2)12-8-14-32-23(17-10-11-18(27)19(28)15-17)21(25(34)26(32)35)24(33)22-16(3)29-20-9-6-7-13-31(20)22/h6-7,9-11,13,15,23,33H,4-5,8,12,14H2,1-3H3. The van der Waals surface area contributed by atoms with Crippen LogP contribution in [0.1, 0.15) is 43.3 Å². The van der Waals surface area contributed by atoms with Crippen LogP contribution in [-0.4, -0.2) is 62.2 Å². The number of likely N-dealkylation sites (tertiary alicyclic amines) is 1. The van der Waals surface area contributed by atoms with Crippen LogP contribution in [0.15, 0.2) is 48.2 Å². The van der Waals surface area contributed by atoms with E-state index >= 15 is 0 Å². The fraction of sp³-hybridized carbons (Fsp3) is 0.346. The van der Waals surface area contributed by atoms with Gasteiger partial charge in [-0.25, -0.2) is 4.98 Å². The topological polar surface area (TPSA) is 78.2 Å². The van der Waals surface area contributed by atoms with Crippen molar-refractivity contribution in [3.63, 3.8) is 0 Å². The molecule has 1 N–H and O–H groups in total. The highest BCUT2D eigenvalue weighted by molar-refractivity contribution is 6.46. The molecule has 3 heterocycles. The van der Waals surface area contributed by atoms with Gasteiger partial charge in [-0.1, -0.05) is 49.2 Å². The third kappa shape index (κ3) is 4.68. The molecule has 1 aromatic carbocycles. The van der Waals surface area contributed by atoms with Crippen molar-refractivity contribution in [2.45, 2.75) is 33.2 Å². The smallest absolute Gasteiger partial charge is 0.295 e. The van der Waals surface area contributed by atoms with Crippen molar-refractivity contribution >= 4 is 46.3 Å². The first kappa shape index (κ1) is 25.2. The largest absolute Gasteiger partial charge is 0.505 e. The Labute approximate surface area is 214 Å². The summed E-state index contributed by atoms with van der Waals surface area (Å²) < 4.78 is 1.71. The van der Waals surface area contributed by atoms with E-state index in [1.165, 1.54) is 4.90 Å². The zero-order chi connectivity index (χ0) is 25.3. The Hall–Kier alpha value is -2.87. The Bertz CT molecular complexity index is 1310. The third-order valence-electron chi connectivity index (χ3n) is 6.50. The van der Waals surface area contributed by atoms with Crippen molar-refractivity contribution in [1.82, 2.24) is 19.2 Å². The SMILES string of the molecule is CCN(CC)CCCN1C(=O)C(=O)C(=C(O)c2c(C)nc3ccccn23)C1c1ccc(Cl)c(Cl)c1. The van der Waals surface area contributed by atoms with E-state index in [-0.39, 0.29) is 11.3 Å². The van der Waals surface area contributed by atoms with E-state index in [2.05, 4.69) is 23.7 Å². The molecule has 0 aliphatic carbocycles. The van der Waals surface area contributed by atoms with Crippen LogP contribution in [0, 0.1) is 6.92 Å². The number of Topliss-reactive ketones (excluding diaryl/α,β-unsaturated/α-hetero) is 1. The highest BCUT2D eigenvalue weighted by Gasteiger charge is 2.46. The van der Waals surface area contributed by atoms with Crippen LogP contribution in [0.4, 0.5) is 0 Å². The maximum atomic E-state index is 13.3. The summed E-state index contributed by atoms with van der Waals surface area (Å²) in [5, 5.41) is 12.2. The molecule has 184 valence electrons. The molecule has 7 nitrogen and oxygen atoms in total. The average Bonchev–Trinajstić information content (AvgIpc) is 3.31. The number of hydrogen-bond donors (Lipinski definition) is 1. The molecule has 35 heavy (non-hydrogen) atoms. The lowest BCUT2D eigenvalue weighted by Crippen LogP contribution is -2.33. The molecule has 1 fully saturated rings. The maximum absolute atomic E-state index is 13.3. The molecule has 4 rings (SSSR count). The van der Waals surface area contributed by atoms with Gasteiger partial charge in [0.2, 0.25) is 0 Å². The van der Waals surface area contributed by atoms with E-state index in [0.29, 0.717) is 45.6 Å². The summed E-state index contributed by atoms with van der Waals surface area (Å²) in [6.07, 6.45) is 2.44. The van der Waals surface area contributed by atoms with Gasteiger partial charge in [0.1, 0.15) is 11.3 Å². The molecule has 1 aliphatic heterocycles. The predicted molar refractivity (Wildman–Crippen MR) is 138 cm³/mol. The van der Waals surface area contributed by atoms with Gasteiger partial charge >= 0.3 is 0 Å². The Morgan fingerprint density at radius 2 is 1.86 bits per heavy atom. The van der Waals surface area contributed by atoms with Crippen LogP contribution in [0.3, 0.4) is 0 Å². The number of imidazole rings is 1. The number of rotatable bonds is 8. The van der Waals surface area contributed by atoms with Gasteiger partial charge in [0.05, 0.1) is 27.4 Å². The Kier molecular flexibility index (Phi) is 7.50. The average molecular weight is 515 g/mol. The molecule has 1 amide bonds. The highest BCUT2D eigenvalue weighted by atomic mass is 35.5. The number of aromatic nitrogens is 2. The molecular weight excluding hydrogens is 487 g/mol. The minimum absolute atomic E-state index is 0.0185. The number of fused-ring (bicyclic) bond motifs is 1. The van der Waals surface area contributed by atoms with Crippen molar-refractivity contribution in [3.05, 3.63) is 75.2 Å². The van der Waals surface area contributed by atoms with Gasteiger partial charge in [0, 0.05) is 12.7 Å². The van der Waals surface area contributed by atoms with Gasteiger partial charge in [0.25, 0.3) is 11.7 Å². The molecule has 3 aromatic rings. The van der Waals surface area contributed by atoms with Crippen molar-refractivity contribution in [2.75, 3.05) is 26.2 Å². The van der Waals surface area contributed by atoms with Gasteiger partial charge in [-0.15, -0.1) is 0 Å². The summed E-state index contributed by atoms with van der Waals surface area (Å²) in [7, 11) is 0. The number of nitrogens with zero attached hydrogens (tertiary/aromatic N) is 4. The van der Waals surface area contributed by atoms with E-state index in [9.17, 15) is 14.7 Å². The van der Waals surface area contributed by atoms with Gasteiger partial charge < -0.3 is 14.9 Å². The van der Waals surface area contributed by atoms with E-state index in [1.54, 1.807) is 35.7 Å². The summed E-state index contributed by atoms with van der Waals surface area (Å²) >= 11 is 12.4. The summed E-state index contributed by atoms with van der Waals surface area (Å²) in [4.78, 5) is 34.8. The second-order valence-electron chi connectivity index (χ2n) is 8.52. The summed E-state index contributed by atoms with van der Waals surface area (Å²) in [5.41, 5.74) is 2.19. The maximum Gasteiger partial charge on any atom is 0.295 e. The first-order chi connectivity index (χ1) is 16.8. The number of aliphatic hydroxyl groups excluding tert-OH is 1. The molecule has 0 saturated carbocycles. The molecule has 0 spiro atoms. The number of aryl methyl sites for hydroxylation is 1. The minimum atomic E-state index is -0.796. The summed E-state index contributed by atoms with van der Waals surface area (Å²) in [6, 6.07) is 9.68. The van der Waals surface area contributed by atoms with Crippen molar-refractivity contribution in [1.29, 1.82) is 0 Å². The van der Waals surface area contributed by atoms with Gasteiger partial charge in [-0.2, -0.15) is 0 Å². The van der Waals surface area contributed by atoms with Crippen molar-refractivity contribution < 1.29 is 14.7 Å². The normalized spacial score (nSPS) is 17.8. The van der Waals surface area contributed by atoms with Crippen molar-refractivity contribution in [3.8, 4) is 0 Å². The molecule has 0 bridgehead atoms. The monoisotopic (exact) mass is 514 g/mol. The highest BCUT2D eigenvalue weighted by Crippen LogP contribution is 2.41. The molecule has 2 aromatic heterocycles. The molecule has 1 atom stereocenters. The zero-order valence-corrected chi connectivity index (χ0v) is 21.5. The fourth-order valence-corrected chi connectivity index (χ4v) is 4.98. The van der Waals surface area contributed by atoms with Crippen LogP contribution in [0.2, 0.25) is 10.0 Å². The molecular formula is C26H28Cl2N4O3. The quantitative estimate of drug-likeness (QED) is 0.257. The number of carbonyl (C=O) groups is 2. The number of benzene rings is 1. The number of carbonyl (C=O) groups excluding carboxylic acids is 2. The van der Waals surface area contributed by atoms with E-state index in [4.69, 9.17) is 23.2 Å². The first-order valence-electron chi connectivity index (χ1n) is 11.7. The number of pyridine rings is 1. The minimum Gasteiger partial charge on any atom is -0.505 e. The van der Waals surface area contributed by atoms with E-state index < -0.39 is 17.7 Å². The fourth-order valence-electron chi connectivity index (χ4n) is 4.67. The number of halogens is 2. The van der Waals surface area contributed by atoms with Crippen LogP contribution < -0.4 is 0 Å².